The second-order valence-electron chi connectivity index (χ2n) is 6.87. The Morgan fingerprint density at radius 1 is 1.21 bits per heavy atom. The Kier molecular flexibility index (Phi) is 7.00. The fraction of sp³-hybridized carbons (Fsp3) is 0.476. The van der Waals surface area contributed by atoms with Crippen molar-refractivity contribution in [1.29, 1.82) is 0 Å². The molecule has 1 aliphatic heterocycles. The molecule has 29 heavy (non-hydrogen) atoms. The predicted octanol–water partition coefficient (Wildman–Crippen LogP) is 2.27. The second kappa shape index (κ2) is 9.67. The van der Waals surface area contributed by atoms with Gasteiger partial charge in [0.2, 0.25) is 0 Å². The highest BCUT2D eigenvalue weighted by atomic mass is 16.5. The first-order valence-electron chi connectivity index (χ1n) is 9.80. The monoisotopic (exact) mass is 401 g/mol. The van der Waals surface area contributed by atoms with E-state index in [0.717, 1.165) is 24.6 Å². The average molecular weight is 401 g/mol. The summed E-state index contributed by atoms with van der Waals surface area (Å²) >= 11 is 0. The first-order chi connectivity index (χ1) is 14.0. The van der Waals surface area contributed by atoms with Gasteiger partial charge in [-0.15, -0.1) is 0 Å². The molecule has 8 nitrogen and oxygen atoms in total. The SMILES string of the molecule is CCOC(=O)c1ccc(C(=O)NCC(c2ccc(C)o2)N2CCOCC2)nc1C. The minimum Gasteiger partial charge on any atom is -0.465 e. The van der Waals surface area contributed by atoms with Crippen molar-refractivity contribution < 1.29 is 23.5 Å². The maximum atomic E-state index is 12.7. The molecule has 0 aromatic carbocycles. The molecule has 0 spiro atoms. The normalized spacial score (nSPS) is 15.7. The Morgan fingerprint density at radius 2 is 1.97 bits per heavy atom. The quantitative estimate of drug-likeness (QED) is 0.711. The number of carbonyl (C=O) groups excluding carboxylic acids is 2. The molecule has 1 saturated heterocycles. The van der Waals surface area contributed by atoms with Gasteiger partial charge >= 0.3 is 5.97 Å². The van der Waals surface area contributed by atoms with Crippen LogP contribution in [0.3, 0.4) is 0 Å². The molecule has 2 aromatic rings. The molecule has 0 radical (unpaired) electrons. The van der Waals surface area contributed by atoms with E-state index in [1.54, 1.807) is 19.9 Å². The molecule has 0 bridgehead atoms. The molecule has 1 N–H and O–H groups in total. The van der Waals surface area contributed by atoms with Gasteiger partial charge < -0.3 is 19.2 Å². The van der Waals surface area contributed by atoms with Crippen molar-refractivity contribution >= 4 is 11.9 Å². The van der Waals surface area contributed by atoms with Gasteiger partial charge in [0, 0.05) is 19.6 Å². The largest absolute Gasteiger partial charge is 0.465 e. The number of hydrogen-bond acceptors (Lipinski definition) is 7. The van der Waals surface area contributed by atoms with Gasteiger partial charge in [0.25, 0.3) is 5.91 Å². The summed E-state index contributed by atoms with van der Waals surface area (Å²) in [7, 11) is 0. The lowest BCUT2D eigenvalue weighted by Gasteiger charge is -2.33. The maximum Gasteiger partial charge on any atom is 0.339 e. The molecule has 3 heterocycles. The topological polar surface area (TPSA) is 93.9 Å². The first kappa shape index (κ1) is 21.0. The highest BCUT2D eigenvalue weighted by molar-refractivity contribution is 5.95. The molecule has 1 aliphatic rings. The molecular formula is C21H27N3O5. The number of amides is 1. The van der Waals surface area contributed by atoms with E-state index < -0.39 is 5.97 Å². The number of furan rings is 1. The van der Waals surface area contributed by atoms with Crippen LogP contribution < -0.4 is 5.32 Å². The standard InChI is InChI=1S/C21H27N3O5/c1-4-28-21(26)16-6-7-17(23-15(16)3)20(25)22-13-18(19-8-5-14(2)29-19)24-9-11-27-12-10-24/h5-8,18H,4,9-13H2,1-3H3,(H,22,25). The third-order valence-electron chi connectivity index (χ3n) is 4.85. The Hall–Kier alpha value is -2.71. The van der Waals surface area contributed by atoms with Crippen LogP contribution in [0.4, 0.5) is 0 Å². The number of morpholine rings is 1. The van der Waals surface area contributed by atoms with Crippen molar-refractivity contribution in [3.05, 3.63) is 52.7 Å². The maximum absolute atomic E-state index is 12.7. The highest BCUT2D eigenvalue weighted by Crippen LogP contribution is 2.23. The average Bonchev–Trinajstić information content (AvgIpc) is 3.14. The molecule has 3 rings (SSSR count). The summed E-state index contributed by atoms with van der Waals surface area (Å²) in [6.45, 7) is 8.84. The number of carbonyl (C=O) groups is 2. The van der Waals surface area contributed by atoms with Crippen LogP contribution in [0.25, 0.3) is 0 Å². The van der Waals surface area contributed by atoms with Crippen molar-refractivity contribution in [2.24, 2.45) is 0 Å². The number of rotatable bonds is 7. The van der Waals surface area contributed by atoms with E-state index in [4.69, 9.17) is 13.9 Å². The van der Waals surface area contributed by atoms with Crippen LogP contribution in [0.5, 0.6) is 0 Å². The summed E-state index contributed by atoms with van der Waals surface area (Å²) in [6.07, 6.45) is 0. The molecule has 0 saturated carbocycles. The van der Waals surface area contributed by atoms with Gasteiger partial charge in [-0.3, -0.25) is 9.69 Å². The lowest BCUT2D eigenvalue weighted by molar-refractivity contribution is 0.0116. The fourth-order valence-corrected chi connectivity index (χ4v) is 3.32. The van der Waals surface area contributed by atoms with Gasteiger partial charge in [0.05, 0.1) is 37.1 Å². The minimum atomic E-state index is -0.440. The smallest absolute Gasteiger partial charge is 0.339 e. The molecule has 8 heteroatoms. The minimum absolute atomic E-state index is 0.0866. The summed E-state index contributed by atoms with van der Waals surface area (Å²) in [5, 5.41) is 2.95. The number of ether oxygens (including phenoxy) is 2. The van der Waals surface area contributed by atoms with Gasteiger partial charge in [0.1, 0.15) is 17.2 Å². The van der Waals surface area contributed by atoms with Crippen LogP contribution in [-0.4, -0.2) is 61.2 Å². The number of pyridine rings is 1. The summed E-state index contributed by atoms with van der Waals surface area (Å²) in [6, 6.07) is 6.89. The third kappa shape index (κ3) is 5.21. The Balaban J connectivity index is 1.69. The van der Waals surface area contributed by atoms with Crippen LogP contribution >= 0.6 is 0 Å². The third-order valence-corrected chi connectivity index (χ3v) is 4.85. The van der Waals surface area contributed by atoms with E-state index in [9.17, 15) is 9.59 Å². The van der Waals surface area contributed by atoms with Gasteiger partial charge in [-0.05, 0) is 45.0 Å². The van der Waals surface area contributed by atoms with Gasteiger partial charge in [-0.1, -0.05) is 0 Å². The summed E-state index contributed by atoms with van der Waals surface area (Å²) in [5.41, 5.74) is 1.08. The van der Waals surface area contributed by atoms with E-state index in [-0.39, 0.29) is 24.2 Å². The van der Waals surface area contributed by atoms with E-state index in [1.165, 1.54) is 6.07 Å². The zero-order valence-electron chi connectivity index (χ0n) is 17.1. The van der Waals surface area contributed by atoms with Crippen LogP contribution in [-0.2, 0) is 9.47 Å². The van der Waals surface area contributed by atoms with Crippen LogP contribution in [0, 0.1) is 13.8 Å². The van der Waals surface area contributed by atoms with E-state index in [0.29, 0.717) is 31.0 Å². The number of nitrogens with one attached hydrogen (secondary N) is 1. The van der Waals surface area contributed by atoms with Crippen molar-refractivity contribution in [1.82, 2.24) is 15.2 Å². The first-order valence-corrected chi connectivity index (χ1v) is 9.80. The van der Waals surface area contributed by atoms with Crippen LogP contribution in [0.2, 0.25) is 0 Å². The molecule has 1 fully saturated rings. The number of nitrogens with zero attached hydrogens (tertiary/aromatic N) is 2. The van der Waals surface area contributed by atoms with E-state index in [2.05, 4.69) is 15.2 Å². The Bertz CT molecular complexity index is 858. The van der Waals surface area contributed by atoms with Crippen LogP contribution in [0.1, 0.15) is 51.0 Å². The van der Waals surface area contributed by atoms with Crippen LogP contribution in [0.15, 0.2) is 28.7 Å². The molecule has 1 amide bonds. The van der Waals surface area contributed by atoms with Crippen molar-refractivity contribution in [2.75, 3.05) is 39.5 Å². The number of esters is 1. The second-order valence-corrected chi connectivity index (χ2v) is 6.87. The summed E-state index contributed by atoms with van der Waals surface area (Å²) in [4.78, 5) is 31.1. The van der Waals surface area contributed by atoms with Crippen molar-refractivity contribution in [3.63, 3.8) is 0 Å². The molecule has 1 unspecified atom stereocenters. The highest BCUT2D eigenvalue weighted by Gasteiger charge is 2.26. The zero-order chi connectivity index (χ0) is 20.8. The summed E-state index contributed by atoms with van der Waals surface area (Å²) in [5.74, 6) is 0.901. The molecule has 156 valence electrons. The van der Waals surface area contributed by atoms with E-state index in [1.807, 2.05) is 19.1 Å². The van der Waals surface area contributed by atoms with Crippen molar-refractivity contribution in [3.8, 4) is 0 Å². The van der Waals surface area contributed by atoms with Gasteiger partial charge in [0.15, 0.2) is 0 Å². The molecular weight excluding hydrogens is 374 g/mol. The number of hydrogen-bond donors (Lipinski definition) is 1. The van der Waals surface area contributed by atoms with Gasteiger partial charge in [-0.2, -0.15) is 0 Å². The van der Waals surface area contributed by atoms with E-state index >= 15 is 0 Å². The Labute approximate surface area is 170 Å². The predicted molar refractivity (Wildman–Crippen MR) is 106 cm³/mol. The lowest BCUT2D eigenvalue weighted by atomic mass is 10.1. The summed E-state index contributed by atoms with van der Waals surface area (Å²) < 4.78 is 16.3. The Morgan fingerprint density at radius 3 is 2.59 bits per heavy atom. The molecule has 1 atom stereocenters. The lowest BCUT2D eigenvalue weighted by Crippen LogP contribution is -2.43. The van der Waals surface area contributed by atoms with Gasteiger partial charge in [-0.25, -0.2) is 9.78 Å². The fourth-order valence-electron chi connectivity index (χ4n) is 3.32. The van der Waals surface area contributed by atoms with Crippen molar-refractivity contribution in [2.45, 2.75) is 26.8 Å². The number of aromatic nitrogens is 1. The molecule has 0 aliphatic carbocycles. The number of aryl methyl sites for hydroxylation is 2. The molecule has 2 aromatic heterocycles. The zero-order valence-corrected chi connectivity index (χ0v) is 17.1.